The number of nitrogens with zero attached hydrogens (tertiary/aromatic N) is 1. The summed E-state index contributed by atoms with van der Waals surface area (Å²) in [5.74, 6) is -1.65. The summed E-state index contributed by atoms with van der Waals surface area (Å²) < 4.78 is 5.16. The lowest BCUT2D eigenvalue weighted by molar-refractivity contribution is -0.141. The Balaban J connectivity index is 2.62. The Morgan fingerprint density at radius 1 is 1.19 bits per heavy atom. The Morgan fingerprint density at radius 2 is 1.81 bits per heavy atom. The maximum Gasteiger partial charge on any atom is 0.407 e. The molecule has 1 atom stereocenters. The molecule has 144 valence electrons. The molecule has 2 N–H and O–H groups in total. The molecule has 1 amide bonds. The van der Waals surface area contributed by atoms with Crippen LogP contribution in [0.2, 0.25) is 0 Å². The maximum absolute atomic E-state index is 12.4. The van der Waals surface area contributed by atoms with E-state index in [1.807, 2.05) is 6.07 Å². The van der Waals surface area contributed by atoms with E-state index < -0.39 is 23.6 Å². The van der Waals surface area contributed by atoms with Gasteiger partial charge in [0.25, 0.3) is 0 Å². The number of hydrogen-bond acceptors (Lipinski definition) is 5. The van der Waals surface area contributed by atoms with E-state index in [1.165, 1.54) is 0 Å². The van der Waals surface area contributed by atoms with Crippen LogP contribution in [-0.4, -0.2) is 59.6 Å². The number of ether oxygens (including phenoxy) is 1. The molecule has 0 spiro atoms. The third-order valence-corrected chi connectivity index (χ3v) is 3.51. The van der Waals surface area contributed by atoms with Crippen molar-refractivity contribution < 1.29 is 24.2 Å². The monoisotopic (exact) mass is 364 g/mol. The first-order chi connectivity index (χ1) is 12.1. The fourth-order valence-electron chi connectivity index (χ4n) is 2.25. The molecule has 0 aliphatic carbocycles. The number of carbonyl (C=O) groups is 3. The van der Waals surface area contributed by atoms with Gasteiger partial charge in [-0.25, -0.2) is 4.79 Å². The second kappa shape index (κ2) is 9.91. The van der Waals surface area contributed by atoms with Crippen LogP contribution in [0, 0.1) is 5.92 Å². The number of carbonyl (C=O) groups excluding carboxylic acids is 2. The number of ketones is 1. The highest BCUT2D eigenvalue weighted by Gasteiger charge is 2.20. The van der Waals surface area contributed by atoms with Gasteiger partial charge in [0.1, 0.15) is 5.60 Å². The van der Waals surface area contributed by atoms with Gasteiger partial charge in [-0.3, -0.25) is 14.5 Å². The summed E-state index contributed by atoms with van der Waals surface area (Å²) >= 11 is 0. The lowest BCUT2D eigenvalue weighted by atomic mass is 10.1. The Morgan fingerprint density at radius 3 is 2.35 bits per heavy atom. The average molecular weight is 364 g/mol. The van der Waals surface area contributed by atoms with E-state index in [-0.39, 0.29) is 25.4 Å². The Bertz CT molecular complexity index is 610. The van der Waals surface area contributed by atoms with E-state index in [4.69, 9.17) is 9.84 Å². The number of hydrogen-bond donors (Lipinski definition) is 2. The van der Waals surface area contributed by atoms with Crippen LogP contribution in [0.3, 0.4) is 0 Å². The van der Waals surface area contributed by atoms with E-state index in [2.05, 4.69) is 5.32 Å². The van der Waals surface area contributed by atoms with Crippen molar-refractivity contribution in [3.63, 3.8) is 0 Å². The fourth-order valence-corrected chi connectivity index (χ4v) is 2.25. The van der Waals surface area contributed by atoms with Crippen LogP contribution >= 0.6 is 0 Å². The molecule has 1 aromatic rings. The molecule has 0 saturated carbocycles. The second-order valence-corrected chi connectivity index (χ2v) is 7.19. The van der Waals surface area contributed by atoms with Crippen LogP contribution in [0.1, 0.15) is 38.1 Å². The summed E-state index contributed by atoms with van der Waals surface area (Å²) in [6, 6.07) is 8.83. The summed E-state index contributed by atoms with van der Waals surface area (Å²) in [6.07, 6.45) is -0.543. The molecule has 0 unspecified atom stereocenters. The lowest BCUT2D eigenvalue weighted by Gasteiger charge is -2.24. The molecule has 26 heavy (non-hydrogen) atoms. The Hall–Kier alpha value is -2.41. The molecule has 7 heteroatoms. The largest absolute Gasteiger partial charge is 0.481 e. The van der Waals surface area contributed by atoms with Gasteiger partial charge in [0, 0.05) is 25.2 Å². The summed E-state index contributed by atoms with van der Waals surface area (Å²) in [4.78, 5) is 36.9. The smallest absolute Gasteiger partial charge is 0.407 e. The molecule has 1 rings (SSSR count). The van der Waals surface area contributed by atoms with Crippen LogP contribution in [0.5, 0.6) is 0 Å². The van der Waals surface area contributed by atoms with Crippen molar-refractivity contribution in [3.8, 4) is 0 Å². The predicted molar refractivity (Wildman–Crippen MR) is 98.2 cm³/mol. The average Bonchev–Trinajstić information content (AvgIpc) is 2.53. The van der Waals surface area contributed by atoms with Crippen molar-refractivity contribution in [3.05, 3.63) is 35.9 Å². The van der Waals surface area contributed by atoms with Crippen molar-refractivity contribution in [1.82, 2.24) is 10.2 Å². The standard InChI is InChI=1S/C19H28N2O5/c1-14(17(23)24)12-21(11-10-20-18(25)26-19(2,3)4)13-16(22)15-8-6-5-7-9-15/h5-9,14H,10-13H2,1-4H3,(H,20,25)(H,23,24)/t14-/m0/s1. The molecular formula is C19H28N2O5. The van der Waals surface area contributed by atoms with E-state index in [0.29, 0.717) is 12.1 Å². The lowest BCUT2D eigenvalue weighted by Crippen LogP contribution is -2.42. The molecule has 0 aromatic heterocycles. The van der Waals surface area contributed by atoms with Crippen molar-refractivity contribution in [2.45, 2.75) is 33.3 Å². The first-order valence-electron chi connectivity index (χ1n) is 8.58. The van der Waals surface area contributed by atoms with E-state index in [0.717, 1.165) is 0 Å². The van der Waals surface area contributed by atoms with Gasteiger partial charge in [-0.05, 0) is 20.8 Å². The summed E-state index contributed by atoms with van der Waals surface area (Å²) in [5, 5.41) is 11.7. The molecule has 7 nitrogen and oxygen atoms in total. The highest BCUT2D eigenvalue weighted by molar-refractivity contribution is 5.97. The molecular weight excluding hydrogens is 336 g/mol. The van der Waals surface area contributed by atoms with Crippen LogP contribution in [0.25, 0.3) is 0 Å². The fraction of sp³-hybridized carbons (Fsp3) is 0.526. The summed E-state index contributed by atoms with van der Waals surface area (Å²) in [6.45, 7) is 7.79. The van der Waals surface area contributed by atoms with Gasteiger partial charge in [0.2, 0.25) is 0 Å². The number of carboxylic acid groups (broad SMARTS) is 1. The van der Waals surface area contributed by atoms with Crippen molar-refractivity contribution in [2.75, 3.05) is 26.2 Å². The molecule has 0 bridgehead atoms. The van der Waals surface area contributed by atoms with Crippen molar-refractivity contribution in [1.29, 1.82) is 0 Å². The Kier molecular flexibility index (Phi) is 8.25. The minimum Gasteiger partial charge on any atom is -0.481 e. The van der Waals surface area contributed by atoms with E-state index in [1.54, 1.807) is 56.9 Å². The molecule has 0 radical (unpaired) electrons. The van der Waals surface area contributed by atoms with Gasteiger partial charge >= 0.3 is 12.1 Å². The van der Waals surface area contributed by atoms with Crippen LogP contribution in [0.15, 0.2) is 30.3 Å². The Labute approximate surface area is 154 Å². The quantitative estimate of drug-likeness (QED) is 0.653. The van der Waals surface area contributed by atoms with E-state index in [9.17, 15) is 14.4 Å². The zero-order valence-corrected chi connectivity index (χ0v) is 15.8. The minimum absolute atomic E-state index is 0.0810. The first kappa shape index (κ1) is 21.6. The van der Waals surface area contributed by atoms with Gasteiger partial charge in [0.15, 0.2) is 5.78 Å². The minimum atomic E-state index is -0.928. The van der Waals surface area contributed by atoms with Crippen molar-refractivity contribution in [2.24, 2.45) is 5.92 Å². The zero-order chi connectivity index (χ0) is 19.7. The second-order valence-electron chi connectivity index (χ2n) is 7.19. The number of aliphatic carboxylic acids is 1. The van der Waals surface area contributed by atoms with Gasteiger partial charge in [0.05, 0.1) is 12.5 Å². The van der Waals surface area contributed by atoms with Crippen LogP contribution in [0.4, 0.5) is 4.79 Å². The molecule has 0 saturated heterocycles. The first-order valence-corrected chi connectivity index (χ1v) is 8.58. The number of rotatable bonds is 9. The van der Waals surface area contributed by atoms with Crippen molar-refractivity contribution >= 4 is 17.8 Å². The normalized spacial score (nSPS) is 12.5. The summed E-state index contributed by atoms with van der Waals surface area (Å²) in [7, 11) is 0. The molecule has 0 aliphatic rings. The van der Waals surface area contributed by atoms with Gasteiger partial charge in [-0.2, -0.15) is 0 Å². The molecule has 0 aliphatic heterocycles. The number of amides is 1. The van der Waals surface area contributed by atoms with Gasteiger partial charge in [-0.15, -0.1) is 0 Å². The van der Waals surface area contributed by atoms with Crippen LogP contribution in [-0.2, 0) is 9.53 Å². The molecule has 1 aromatic carbocycles. The van der Waals surface area contributed by atoms with E-state index >= 15 is 0 Å². The number of benzene rings is 1. The maximum atomic E-state index is 12.4. The number of alkyl carbamates (subject to hydrolysis) is 1. The highest BCUT2D eigenvalue weighted by Crippen LogP contribution is 2.07. The predicted octanol–water partition coefficient (Wildman–Crippen LogP) is 2.42. The third-order valence-electron chi connectivity index (χ3n) is 3.51. The summed E-state index contributed by atoms with van der Waals surface area (Å²) in [5.41, 5.74) is -0.0224. The molecule has 0 fully saturated rings. The molecule has 0 heterocycles. The van der Waals surface area contributed by atoms with Crippen LogP contribution < -0.4 is 5.32 Å². The number of nitrogens with one attached hydrogen (secondary N) is 1. The van der Waals surface area contributed by atoms with Gasteiger partial charge in [-0.1, -0.05) is 37.3 Å². The number of Topliss-reactive ketones (excluding diaryl/α,β-unsaturated/α-hetero) is 1. The zero-order valence-electron chi connectivity index (χ0n) is 15.8. The third kappa shape index (κ3) is 8.62. The number of carboxylic acids is 1. The topological polar surface area (TPSA) is 95.9 Å². The van der Waals surface area contributed by atoms with Gasteiger partial charge < -0.3 is 15.2 Å². The highest BCUT2D eigenvalue weighted by atomic mass is 16.6. The SMILES string of the molecule is C[C@@H](CN(CCNC(=O)OC(C)(C)C)CC(=O)c1ccccc1)C(=O)O.